The number of rotatable bonds is 7. The number of nitrogens with zero attached hydrogens (tertiary/aromatic N) is 2. The highest BCUT2D eigenvalue weighted by atomic mass is 16.5. The Hall–Kier alpha value is -3.02. The summed E-state index contributed by atoms with van der Waals surface area (Å²) >= 11 is 0. The van der Waals surface area contributed by atoms with Gasteiger partial charge >= 0.3 is 0 Å². The summed E-state index contributed by atoms with van der Waals surface area (Å²) < 4.78 is 5.60. The highest BCUT2D eigenvalue weighted by Gasteiger charge is 2.21. The van der Waals surface area contributed by atoms with E-state index in [1.807, 2.05) is 61.2 Å². The van der Waals surface area contributed by atoms with Gasteiger partial charge in [0, 0.05) is 44.0 Å². The summed E-state index contributed by atoms with van der Waals surface area (Å²) in [6.45, 7) is 11.3. The van der Waals surface area contributed by atoms with E-state index in [0.29, 0.717) is 18.1 Å². The van der Waals surface area contributed by atoms with Gasteiger partial charge in [-0.25, -0.2) is 0 Å². The molecule has 1 fully saturated rings. The molecule has 0 unspecified atom stereocenters. The third kappa shape index (κ3) is 6.48. The van der Waals surface area contributed by atoms with Crippen molar-refractivity contribution in [3.63, 3.8) is 0 Å². The van der Waals surface area contributed by atoms with Gasteiger partial charge in [-0.2, -0.15) is 0 Å². The Bertz CT molecular complexity index is 901. The van der Waals surface area contributed by atoms with E-state index in [-0.39, 0.29) is 18.4 Å². The predicted molar refractivity (Wildman–Crippen MR) is 125 cm³/mol. The fourth-order valence-corrected chi connectivity index (χ4v) is 3.60. The SMILES string of the molecule is Cc1ccc(OCC(=O)Nc2ccc(N3CCN(C(=O)CC(C)C)CC3)cc2)cc1C. The summed E-state index contributed by atoms with van der Waals surface area (Å²) in [5, 5.41) is 2.87. The maximum absolute atomic E-state index is 12.2. The minimum absolute atomic E-state index is 0.0311. The Kier molecular flexibility index (Phi) is 7.55. The smallest absolute Gasteiger partial charge is 0.262 e. The van der Waals surface area contributed by atoms with Crippen LogP contribution in [0.1, 0.15) is 31.4 Å². The van der Waals surface area contributed by atoms with Gasteiger partial charge in [0.2, 0.25) is 5.91 Å². The summed E-state index contributed by atoms with van der Waals surface area (Å²) in [5.74, 6) is 1.14. The Morgan fingerprint density at radius 2 is 1.65 bits per heavy atom. The van der Waals surface area contributed by atoms with Crippen LogP contribution in [-0.4, -0.2) is 49.5 Å². The number of carbonyl (C=O) groups excluding carboxylic acids is 2. The number of benzene rings is 2. The lowest BCUT2D eigenvalue weighted by atomic mass is 10.1. The largest absolute Gasteiger partial charge is 0.484 e. The van der Waals surface area contributed by atoms with Gasteiger partial charge in [-0.3, -0.25) is 9.59 Å². The molecule has 0 saturated carbocycles. The molecule has 2 aromatic carbocycles. The van der Waals surface area contributed by atoms with E-state index in [0.717, 1.165) is 43.1 Å². The molecule has 6 nitrogen and oxygen atoms in total. The van der Waals surface area contributed by atoms with E-state index in [1.165, 1.54) is 5.56 Å². The predicted octanol–water partition coefficient (Wildman–Crippen LogP) is 4.02. The lowest BCUT2D eigenvalue weighted by Crippen LogP contribution is -2.49. The maximum Gasteiger partial charge on any atom is 0.262 e. The number of aryl methyl sites for hydroxylation is 2. The van der Waals surface area contributed by atoms with Crippen molar-refractivity contribution in [3.8, 4) is 5.75 Å². The minimum atomic E-state index is -0.191. The number of ether oxygens (including phenoxy) is 1. The molecule has 2 aromatic rings. The highest BCUT2D eigenvalue weighted by molar-refractivity contribution is 5.92. The zero-order chi connectivity index (χ0) is 22.4. The van der Waals surface area contributed by atoms with Gasteiger partial charge in [-0.15, -0.1) is 0 Å². The Morgan fingerprint density at radius 3 is 2.26 bits per heavy atom. The molecule has 6 heteroatoms. The van der Waals surface area contributed by atoms with Crippen LogP contribution in [0.3, 0.4) is 0 Å². The third-order valence-electron chi connectivity index (χ3n) is 5.58. The first-order valence-corrected chi connectivity index (χ1v) is 10.9. The number of amides is 2. The van der Waals surface area contributed by atoms with Crippen molar-refractivity contribution < 1.29 is 14.3 Å². The summed E-state index contributed by atoms with van der Waals surface area (Å²) in [6.07, 6.45) is 0.613. The van der Waals surface area contributed by atoms with Crippen LogP contribution in [0.4, 0.5) is 11.4 Å². The van der Waals surface area contributed by atoms with Crippen molar-refractivity contribution in [2.75, 3.05) is 43.0 Å². The van der Waals surface area contributed by atoms with E-state index >= 15 is 0 Å². The molecule has 1 heterocycles. The first kappa shape index (κ1) is 22.7. The summed E-state index contributed by atoms with van der Waals surface area (Å²) in [5.41, 5.74) is 4.17. The van der Waals surface area contributed by atoms with Crippen molar-refractivity contribution in [1.29, 1.82) is 0 Å². The van der Waals surface area contributed by atoms with Crippen molar-refractivity contribution in [2.45, 2.75) is 34.1 Å². The fourth-order valence-electron chi connectivity index (χ4n) is 3.60. The van der Waals surface area contributed by atoms with Crippen LogP contribution in [0.2, 0.25) is 0 Å². The average molecular weight is 424 g/mol. The number of nitrogens with one attached hydrogen (secondary N) is 1. The highest BCUT2D eigenvalue weighted by Crippen LogP contribution is 2.21. The van der Waals surface area contributed by atoms with Crippen LogP contribution in [0.5, 0.6) is 5.75 Å². The summed E-state index contributed by atoms with van der Waals surface area (Å²) in [6, 6.07) is 13.6. The zero-order valence-electron chi connectivity index (χ0n) is 19.0. The van der Waals surface area contributed by atoms with Crippen LogP contribution >= 0.6 is 0 Å². The lowest BCUT2D eigenvalue weighted by Gasteiger charge is -2.36. The molecule has 3 rings (SSSR count). The number of anilines is 2. The molecule has 0 spiro atoms. The second-order valence-electron chi connectivity index (χ2n) is 8.60. The Morgan fingerprint density at radius 1 is 0.968 bits per heavy atom. The molecule has 1 N–H and O–H groups in total. The molecule has 0 bridgehead atoms. The van der Waals surface area contributed by atoms with Gasteiger partial charge in [-0.05, 0) is 67.3 Å². The van der Waals surface area contributed by atoms with E-state index < -0.39 is 0 Å². The molecule has 31 heavy (non-hydrogen) atoms. The van der Waals surface area contributed by atoms with Crippen LogP contribution in [0, 0.1) is 19.8 Å². The van der Waals surface area contributed by atoms with Gasteiger partial charge < -0.3 is 19.9 Å². The van der Waals surface area contributed by atoms with Gasteiger partial charge in [0.05, 0.1) is 0 Å². The van der Waals surface area contributed by atoms with Gasteiger partial charge in [0.25, 0.3) is 5.91 Å². The molecule has 0 radical (unpaired) electrons. The van der Waals surface area contributed by atoms with Crippen LogP contribution in [-0.2, 0) is 9.59 Å². The zero-order valence-corrected chi connectivity index (χ0v) is 19.0. The fraction of sp³-hybridized carbons (Fsp3) is 0.440. The second-order valence-corrected chi connectivity index (χ2v) is 8.60. The monoisotopic (exact) mass is 423 g/mol. The summed E-state index contributed by atoms with van der Waals surface area (Å²) in [7, 11) is 0. The third-order valence-corrected chi connectivity index (χ3v) is 5.58. The van der Waals surface area contributed by atoms with Crippen LogP contribution in [0.25, 0.3) is 0 Å². The van der Waals surface area contributed by atoms with Crippen molar-refractivity contribution >= 4 is 23.2 Å². The summed E-state index contributed by atoms with van der Waals surface area (Å²) in [4.78, 5) is 28.7. The topological polar surface area (TPSA) is 61.9 Å². The molecule has 2 amide bonds. The maximum atomic E-state index is 12.2. The van der Waals surface area contributed by atoms with Gasteiger partial charge in [0.15, 0.2) is 6.61 Å². The number of carbonyl (C=O) groups is 2. The number of hydrogen-bond donors (Lipinski definition) is 1. The lowest BCUT2D eigenvalue weighted by molar-refractivity contribution is -0.132. The first-order valence-electron chi connectivity index (χ1n) is 10.9. The average Bonchev–Trinajstić information content (AvgIpc) is 2.75. The van der Waals surface area contributed by atoms with Gasteiger partial charge in [-0.1, -0.05) is 19.9 Å². The van der Waals surface area contributed by atoms with E-state index in [4.69, 9.17) is 4.74 Å². The van der Waals surface area contributed by atoms with Crippen molar-refractivity contribution in [1.82, 2.24) is 4.90 Å². The van der Waals surface area contributed by atoms with Crippen molar-refractivity contribution in [2.24, 2.45) is 5.92 Å². The standard InChI is InChI=1S/C25H33N3O3/c1-18(2)15-25(30)28-13-11-27(12-14-28)22-8-6-21(7-9-22)26-24(29)17-31-23-10-5-19(3)20(4)16-23/h5-10,16,18H,11-15,17H2,1-4H3,(H,26,29). The molecular formula is C25H33N3O3. The molecule has 166 valence electrons. The van der Waals surface area contributed by atoms with E-state index in [2.05, 4.69) is 24.1 Å². The Labute approximate surface area is 185 Å². The number of piperazine rings is 1. The molecule has 0 aromatic heterocycles. The quantitative estimate of drug-likeness (QED) is 0.731. The molecule has 1 aliphatic heterocycles. The molecular weight excluding hydrogens is 390 g/mol. The second kappa shape index (κ2) is 10.3. The van der Waals surface area contributed by atoms with Crippen LogP contribution < -0.4 is 15.0 Å². The van der Waals surface area contributed by atoms with Crippen LogP contribution in [0.15, 0.2) is 42.5 Å². The molecule has 0 atom stereocenters. The molecule has 0 aliphatic carbocycles. The van der Waals surface area contributed by atoms with E-state index in [1.54, 1.807) is 0 Å². The number of hydrogen-bond acceptors (Lipinski definition) is 4. The Balaban J connectivity index is 1.46. The van der Waals surface area contributed by atoms with Gasteiger partial charge in [0.1, 0.15) is 5.75 Å². The molecule has 1 aliphatic rings. The van der Waals surface area contributed by atoms with E-state index in [9.17, 15) is 9.59 Å². The first-order chi connectivity index (χ1) is 14.8. The van der Waals surface area contributed by atoms with Crippen molar-refractivity contribution in [3.05, 3.63) is 53.6 Å². The normalized spacial score (nSPS) is 14.0. The molecule has 1 saturated heterocycles. The minimum Gasteiger partial charge on any atom is -0.484 e.